The molecule has 0 saturated carbocycles. The summed E-state index contributed by atoms with van der Waals surface area (Å²) in [6.45, 7) is 0. The van der Waals surface area contributed by atoms with E-state index in [2.05, 4.69) is 25.9 Å². The zero-order valence-corrected chi connectivity index (χ0v) is 10.8. The number of aromatic nitrogens is 3. The molecule has 0 amide bonds. The van der Waals surface area contributed by atoms with Gasteiger partial charge in [-0.3, -0.25) is 9.36 Å². The molecule has 0 bridgehead atoms. The van der Waals surface area contributed by atoms with Crippen LogP contribution in [-0.4, -0.2) is 14.5 Å². The van der Waals surface area contributed by atoms with Crippen LogP contribution >= 0.6 is 27.5 Å². The molecule has 8 heteroatoms. The fourth-order valence-corrected chi connectivity index (χ4v) is 2.21. The summed E-state index contributed by atoms with van der Waals surface area (Å²) in [5.41, 5.74) is -0.511. The summed E-state index contributed by atoms with van der Waals surface area (Å²) >= 11 is 8.72. The average Bonchev–Trinajstić information content (AvgIpc) is 2.23. The number of hydrogen-bond acceptors (Lipinski definition) is 3. The van der Waals surface area contributed by atoms with Crippen LogP contribution in [0.1, 0.15) is 12.2 Å². The van der Waals surface area contributed by atoms with E-state index in [9.17, 15) is 13.6 Å². The maximum atomic E-state index is 12.7. The minimum absolute atomic E-state index is 0.0767. The van der Waals surface area contributed by atoms with Crippen LogP contribution in [-0.2, 0) is 7.05 Å². The normalized spacial score (nSPS) is 11.4. The first-order valence-corrected chi connectivity index (χ1v) is 5.59. The highest BCUT2D eigenvalue weighted by atomic mass is 79.9. The van der Waals surface area contributed by atoms with Crippen LogP contribution in [0.5, 0.6) is 0 Å². The molecule has 0 aliphatic carbocycles. The maximum absolute atomic E-state index is 12.7. The van der Waals surface area contributed by atoms with Crippen molar-refractivity contribution in [3.05, 3.63) is 32.0 Å². The third kappa shape index (κ3) is 2.04. The molecule has 0 aliphatic rings. The minimum atomic E-state index is -2.83. The van der Waals surface area contributed by atoms with Crippen molar-refractivity contribution in [3.63, 3.8) is 0 Å². The Morgan fingerprint density at radius 3 is 2.71 bits per heavy atom. The van der Waals surface area contributed by atoms with Crippen molar-refractivity contribution in [3.8, 4) is 0 Å². The standard InChI is InChI=1S/C9H5BrClF2N3O/c1-16-8(7(12)13)15-5-3(9(16)17)2-4(11)14-6(5)10/h2,7H,1H3. The largest absolute Gasteiger partial charge is 0.295 e. The van der Waals surface area contributed by atoms with Gasteiger partial charge in [0.2, 0.25) is 0 Å². The Morgan fingerprint density at radius 2 is 2.12 bits per heavy atom. The van der Waals surface area contributed by atoms with Crippen LogP contribution in [0.3, 0.4) is 0 Å². The quantitative estimate of drug-likeness (QED) is 0.758. The summed E-state index contributed by atoms with van der Waals surface area (Å²) in [5, 5.41) is 0.233. The van der Waals surface area contributed by atoms with Crippen molar-refractivity contribution in [1.29, 1.82) is 0 Å². The van der Waals surface area contributed by atoms with Gasteiger partial charge < -0.3 is 0 Å². The summed E-state index contributed by atoms with van der Waals surface area (Å²) < 4.78 is 26.3. The summed E-state index contributed by atoms with van der Waals surface area (Å²) in [5.74, 6) is -0.604. The second kappa shape index (κ2) is 4.30. The van der Waals surface area contributed by atoms with Gasteiger partial charge in [-0.05, 0) is 22.0 Å². The molecule has 0 unspecified atom stereocenters. The molecule has 0 spiro atoms. The van der Waals surface area contributed by atoms with Crippen LogP contribution in [0.25, 0.3) is 10.9 Å². The Balaban J connectivity index is 2.96. The Kier molecular flexibility index (Phi) is 3.13. The molecule has 90 valence electrons. The topological polar surface area (TPSA) is 47.8 Å². The van der Waals surface area contributed by atoms with E-state index in [1.807, 2.05) is 0 Å². The van der Waals surface area contributed by atoms with Crippen LogP contribution in [0.2, 0.25) is 5.15 Å². The third-order valence-electron chi connectivity index (χ3n) is 2.22. The zero-order chi connectivity index (χ0) is 12.7. The number of rotatable bonds is 1. The second-order valence-corrected chi connectivity index (χ2v) is 4.41. The fraction of sp³-hybridized carbons (Fsp3) is 0.222. The van der Waals surface area contributed by atoms with Gasteiger partial charge in [-0.15, -0.1) is 0 Å². The highest BCUT2D eigenvalue weighted by Crippen LogP contribution is 2.23. The Labute approximate surface area is 107 Å². The third-order valence-corrected chi connectivity index (χ3v) is 2.97. The van der Waals surface area contributed by atoms with E-state index in [0.29, 0.717) is 0 Å². The predicted molar refractivity (Wildman–Crippen MR) is 62.4 cm³/mol. The van der Waals surface area contributed by atoms with Crippen LogP contribution < -0.4 is 5.56 Å². The lowest BCUT2D eigenvalue weighted by atomic mass is 10.3. The summed E-state index contributed by atoms with van der Waals surface area (Å²) in [6.07, 6.45) is -2.83. The van der Waals surface area contributed by atoms with Crippen molar-refractivity contribution in [1.82, 2.24) is 14.5 Å². The van der Waals surface area contributed by atoms with Crippen LogP contribution in [0.15, 0.2) is 15.5 Å². The van der Waals surface area contributed by atoms with Gasteiger partial charge in [0, 0.05) is 7.05 Å². The van der Waals surface area contributed by atoms with Gasteiger partial charge in [0.15, 0.2) is 5.82 Å². The number of pyridine rings is 1. The highest BCUT2D eigenvalue weighted by molar-refractivity contribution is 9.10. The second-order valence-electron chi connectivity index (χ2n) is 3.27. The first-order chi connectivity index (χ1) is 7.91. The number of fused-ring (bicyclic) bond motifs is 1. The smallest absolute Gasteiger partial charge is 0.294 e. The van der Waals surface area contributed by atoms with Gasteiger partial charge in [0.1, 0.15) is 15.3 Å². The zero-order valence-electron chi connectivity index (χ0n) is 8.42. The molecular weight excluding hydrogens is 319 g/mol. The van der Waals surface area contributed by atoms with E-state index in [4.69, 9.17) is 11.6 Å². The van der Waals surface area contributed by atoms with Crippen LogP contribution in [0, 0.1) is 0 Å². The molecular formula is C9H5BrClF2N3O. The molecule has 0 saturated heterocycles. The van der Waals surface area contributed by atoms with Gasteiger partial charge >= 0.3 is 0 Å². The molecule has 0 aliphatic heterocycles. The van der Waals surface area contributed by atoms with Gasteiger partial charge in [-0.25, -0.2) is 18.7 Å². The summed E-state index contributed by atoms with van der Waals surface area (Å²) in [6, 6.07) is 1.30. The van der Waals surface area contributed by atoms with E-state index in [1.54, 1.807) is 0 Å². The Morgan fingerprint density at radius 1 is 1.47 bits per heavy atom. The maximum Gasteiger partial charge on any atom is 0.295 e. The lowest BCUT2D eigenvalue weighted by Gasteiger charge is -2.08. The number of halogens is 4. The van der Waals surface area contributed by atoms with Gasteiger partial charge in [-0.2, -0.15) is 0 Å². The SMILES string of the molecule is Cn1c(C(F)F)nc2c(Br)nc(Cl)cc2c1=O. The molecule has 0 aromatic carbocycles. The lowest BCUT2D eigenvalue weighted by molar-refractivity contribution is 0.135. The van der Waals surface area contributed by atoms with Crippen molar-refractivity contribution in [2.45, 2.75) is 6.43 Å². The number of alkyl halides is 2. The van der Waals surface area contributed by atoms with E-state index in [0.717, 1.165) is 4.57 Å². The molecule has 0 fully saturated rings. The molecule has 2 rings (SSSR count). The first kappa shape index (κ1) is 12.4. The summed E-state index contributed by atoms with van der Waals surface area (Å²) in [7, 11) is 1.23. The van der Waals surface area contributed by atoms with E-state index in [-0.39, 0.29) is 20.7 Å². The monoisotopic (exact) mass is 323 g/mol. The number of nitrogens with zero attached hydrogens (tertiary/aromatic N) is 3. The molecule has 17 heavy (non-hydrogen) atoms. The average molecular weight is 325 g/mol. The Hall–Kier alpha value is -1.08. The van der Waals surface area contributed by atoms with Gasteiger partial charge in [0.25, 0.3) is 12.0 Å². The molecule has 2 aromatic rings. The predicted octanol–water partition coefficient (Wildman–Crippen LogP) is 2.68. The molecule has 2 heterocycles. The van der Waals surface area contributed by atoms with Crippen molar-refractivity contribution < 1.29 is 8.78 Å². The van der Waals surface area contributed by atoms with E-state index >= 15 is 0 Å². The van der Waals surface area contributed by atoms with Gasteiger partial charge in [0.05, 0.1) is 5.39 Å². The van der Waals surface area contributed by atoms with Gasteiger partial charge in [-0.1, -0.05) is 11.6 Å². The lowest BCUT2D eigenvalue weighted by Crippen LogP contribution is -2.23. The highest BCUT2D eigenvalue weighted by Gasteiger charge is 2.18. The molecule has 0 radical (unpaired) electrons. The van der Waals surface area contributed by atoms with Crippen LogP contribution in [0.4, 0.5) is 8.78 Å². The van der Waals surface area contributed by atoms with Crippen molar-refractivity contribution >= 4 is 38.4 Å². The first-order valence-electron chi connectivity index (χ1n) is 4.42. The minimum Gasteiger partial charge on any atom is -0.294 e. The summed E-state index contributed by atoms with van der Waals surface area (Å²) in [4.78, 5) is 19.4. The van der Waals surface area contributed by atoms with Crippen molar-refractivity contribution in [2.24, 2.45) is 7.05 Å². The van der Waals surface area contributed by atoms with E-state index in [1.165, 1.54) is 13.1 Å². The molecule has 0 N–H and O–H groups in total. The Bertz CT molecular complexity index is 659. The fourth-order valence-electron chi connectivity index (χ4n) is 1.42. The van der Waals surface area contributed by atoms with Crippen molar-refractivity contribution in [2.75, 3.05) is 0 Å². The molecule has 2 aromatic heterocycles. The molecule has 0 atom stereocenters. The number of hydrogen-bond donors (Lipinski definition) is 0. The van der Waals surface area contributed by atoms with E-state index < -0.39 is 17.8 Å². The molecule has 4 nitrogen and oxygen atoms in total.